The van der Waals surface area contributed by atoms with Gasteiger partial charge in [-0.1, -0.05) is 49.6 Å². The molecule has 0 aromatic heterocycles. The van der Waals surface area contributed by atoms with Crippen molar-refractivity contribution in [3.63, 3.8) is 0 Å². The largest absolute Gasteiger partial charge is 0.478 e. The van der Waals surface area contributed by atoms with Crippen molar-refractivity contribution in [1.82, 2.24) is 5.32 Å². The highest BCUT2D eigenvalue weighted by atomic mass is 16.4. The van der Waals surface area contributed by atoms with Crippen LogP contribution in [0.25, 0.3) is 6.08 Å². The number of carbonyl (C=O) groups is 2. The summed E-state index contributed by atoms with van der Waals surface area (Å²) < 4.78 is 0. The Morgan fingerprint density at radius 3 is 2.16 bits per heavy atom. The molecule has 4 nitrogen and oxygen atoms in total. The molecule has 0 saturated carbocycles. The third-order valence-electron chi connectivity index (χ3n) is 1.99. The van der Waals surface area contributed by atoms with Crippen LogP contribution in [0.1, 0.15) is 12.5 Å². The Hall–Kier alpha value is -2.62. The molecule has 0 spiro atoms. The van der Waals surface area contributed by atoms with Crippen LogP contribution in [0, 0.1) is 0 Å². The van der Waals surface area contributed by atoms with Gasteiger partial charge in [0.2, 0.25) is 5.91 Å². The molecule has 4 heteroatoms. The maximum atomic E-state index is 10.5. The summed E-state index contributed by atoms with van der Waals surface area (Å²) in [5.41, 5.74) is 1.24. The third kappa shape index (κ3) is 8.15. The topological polar surface area (TPSA) is 66.4 Å². The van der Waals surface area contributed by atoms with Crippen molar-refractivity contribution in [2.75, 3.05) is 0 Å². The van der Waals surface area contributed by atoms with E-state index < -0.39 is 11.9 Å². The van der Waals surface area contributed by atoms with Gasteiger partial charge in [-0.15, -0.1) is 0 Å². The molecule has 2 N–H and O–H groups in total. The SMILES string of the molecule is C=CC(=O)NC=C(C)C(=O)O.C=Cc1ccccc1. The van der Waals surface area contributed by atoms with Gasteiger partial charge in [-0.2, -0.15) is 0 Å². The summed E-state index contributed by atoms with van der Waals surface area (Å²) in [5, 5.41) is 10.5. The molecule has 0 aliphatic carbocycles. The van der Waals surface area contributed by atoms with Gasteiger partial charge in [-0.25, -0.2) is 4.79 Å². The van der Waals surface area contributed by atoms with Crippen molar-refractivity contribution in [3.8, 4) is 0 Å². The fourth-order valence-corrected chi connectivity index (χ4v) is 0.889. The number of carbonyl (C=O) groups excluding carboxylic acids is 1. The van der Waals surface area contributed by atoms with E-state index in [0.717, 1.165) is 12.3 Å². The number of carboxylic acids is 1. The number of amides is 1. The fourth-order valence-electron chi connectivity index (χ4n) is 0.889. The monoisotopic (exact) mass is 259 g/mol. The Morgan fingerprint density at radius 1 is 1.21 bits per heavy atom. The lowest BCUT2D eigenvalue weighted by atomic mass is 10.2. The molecule has 1 aromatic rings. The normalized spacial score (nSPS) is 9.63. The number of benzene rings is 1. The zero-order valence-electron chi connectivity index (χ0n) is 10.8. The second kappa shape index (κ2) is 9.41. The molecule has 19 heavy (non-hydrogen) atoms. The predicted molar refractivity (Wildman–Crippen MR) is 76.3 cm³/mol. The van der Waals surface area contributed by atoms with E-state index in [-0.39, 0.29) is 5.57 Å². The molecule has 1 rings (SSSR count). The van der Waals surface area contributed by atoms with Crippen molar-refractivity contribution >= 4 is 18.0 Å². The Bertz CT molecular complexity index is 475. The van der Waals surface area contributed by atoms with Gasteiger partial charge in [0, 0.05) is 11.8 Å². The number of hydrogen-bond donors (Lipinski definition) is 2. The fraction of sp³-hybridized carbons (Fsp3) is 0.0667. The van der Waals surface area contributed by atoms with Crippen LogP contribution in [0.5, 0.6) is 0 Å². The summed E-state index contributed by atoms with van der Waals surface area (Å²) in [7, 11) is 0. The maximum Gasteiger partial charge on any atom is 0.332 e. The van der Waals surface area contributed by atoms with Crippen molar-refractivity contribution in [3.05, 3.63) is 66.9 Å². The summed E-state index contributed by atoms with van der Waals surface area (Å²) in [6.07, 6.45) is 4.01. The lowest BCUT2D eigenvalue weighted by Crippen LogP contribution is -2.15. The second-order valence-electron chi connectivity index (χ2n) is 3.46. The van der Waals surface area contributed by atoms with E-state index in [1.54, 1.807) is 0 Å². The first-order chi connectivity index (χ1) is 9.01. The van der Waals surface area contributed by atoms with Crippen LogP contribution in [0.3, 0.4) is 0 Å². The van der Waals surface area contributed by atoms with Crippen LogP contribution < -0.4 is 5.32 Å². The highest BCUT2D eigenvalue weighted by molar-refractivity contribution is 5.90. The second-order valence-corrected chi connectivity index (χ2v) is 3.46. The minimum atomic E-state index is -1.06. The van der Waals surface area contributed by atoms with E-state index in [1.807, 2.05) is 36.4 Å². The minimum Gasteiger partial charge on any atom is -0.478 e. The molecule has 0 heterocycles. The van der Waals surface area contributed by atoms with Crippen LogP contribution >= 0.6 is 0 Å². The van der Waals surface area contributed by atoms with E-state index in [2.05, 4.69) is 18.5 Å². The lowest BCUT2D eigenvalue weighted by Gasteiger charge is -1.93. The summed E-state index contributed by atoms with van der Waals surface area (Å²) in [6.45, 7) is 8.21. The first-order valence-corrected chi connectivity index (χ1v) is 5.51. The van der Waals surface area contributed by atoms with Gasteiger partial charge in [0.05, 0.1) is 0 Å². The van der Waals surface area contributed by atoms with Crippen LogP contribution in [0.15, 0.2) is 61.3 Å². The lowest BCUT2D eigenvalue weighted by molar-refractivity contribution is -0.132. The molecule has 0 aliphatic heterocycles. The molecule has 1 aromatic carbocycles. The van der Waals surface area contributed by atoms with Crippen molar-refractivity contribution in [2.24, 2.45) is 0 Å². The van der Waals surface area contributed by atoms with Crippen molar-refractivity contribution < 1.29 is 14.7 Å². The van der Waals surface area contributed by atoms with E-state index in [9.17, 15) is 9.59 Å². The number of aliphatic carboxylic acids is 1. The first-order valence-electron chi connectivity index (χ1n) is 5.51. The Morgan fingerprint density at radius 2 is 1.79 bits per heavy atom. The quantitative estimate of drug-likeness (QED) is 0.817. The zero-order valence-corrected chi connectivity index (χ0v) is 10.8. The van der Waals surface area contributed by atoms with Gasteiger partial charge in [-0.05, 0) is 18.6 Å². The number of hydrogen-bond acceptors (Lipinski definition) is 2. The zero-order chi connectivity index (χ0) is 14.7. The third-order valence-corrected chi connectivity index (χ3v) is 1.99. The number of rotatable bonds is 4. The average molecular weight is 259 g/mol. The molecule has 0 bridgehead atoms. The standard InChI is InChI=1S/C8H8.C7H9NO3/c1-2-8-6-4-3-5-7-8;1-3-6(9)8-4-5(2)7(10)11/h2-7H,1H2;3-4H,1H2,2H3,(H,8,9)(H,10,11). The average Bonchev–Trinajstić information content (AvgIpc) is 2.45. The van der Waals surface area contributed by atoms with Gasteiger partial charge < -0.3 is 10.4 Å². The number of carboxylic acid groups (broad SMARTS) is 1. The highest BCUT2D eigenvalue weighted by Crippen LogP contribution is 1.97. The summed E-state index contributed by atoms with van der Waals surface area (Å²) >= 11 is 0. The van der Waals surface area contributed by atoms with E-state index >= 15 is 0 Å². The summed E-state index contributed by atoms with van der Waals surface area (Å²) in [6, 6.07) is 10.0. The first kappa shape index (κ1) is 16.4. The van der Waals surface area contributed by atoms with Crippen LogP contribution in [0.2, 0.25) is 0 Å². The van der Waals surface area contributed by atoms with Gasteiger partial charge in [0.1, 0.15) is 0 Å². The Labute approximate surface area is 112 Å². The van der Waals surface area contributed by atoms with Gasteiger partial charge in [0.25, 0.3) is 0 Å². The molecule has 0 fully saturated rings. The summed E-state index contributed by atoms with van der Waals surface area (Å²) in [4.78, 5) is 20.6. The van der Waals surface area contributed by atoms with E-state index in [0.29, 0.717) is 0 Å². The van der Waals surface area contributed by atoms with Crippen molar-refractivity contribution in [2.45, 2.75) is 6.92 Å². The molecule has 0 atom stereocenters. The Balaban J connectivity index is 0.000000356. The molecule has 0 radical (unpaired) electrons. The molecule has 0 unspecified atom stereocenters. The minimum absolute atomic E-state index is 0.0696. The highest BCUT2D eigenvalue weighted by Gasteiger charge is 1.98. The van der Waals surface area contributed by atoms with Crippen LogP contribution in [-0.2, 0) is 9.59 Å². The van der Waals surface area contributed by atoms with E-state index in [4.69, 9.17) is 5.11 Å². The van der Waals surface area contributed by atoms with Gasteiger partial charge in [0.15, 0.2) is 0 Å². The molecule has 1 amide bonds. The predicted octanol–water partition coefficient (Wildman–Crippen LogP) is 2.61. The summed E-state index contributed by atoms with van der Waals surface area (Å²) in [5.74, 6) is -1.49. The molecular weight excluding hydrogens is 242 g/mol. The molecular formula is C15H17NO3. The molecule has 0 saturated heterocycles. The molecule has 100 valence electrons. The Kier molecular flexibility index (Phi) is 8.12. The maximum absolute atomic E-state index is 10.5. The smallest absolute Gasteiger partial charge is 0.332 e. The molecule has 0 aliphatic rings. The van der Waals surface area contributed by atoms with Crippen LogP contribution in [-0.4, -0.2) is 17.0 Å². The van der Waals surface area contributed by atoms with Gasteiger partial charge in [-0.3, -0.25) is 4.79 Å². The van der Waals surface area contributed by atoms with E-state index in [1.165, 1.54) is 12.5 Å². The van der Waals surface area contributed by atoms with Crippen LogP contribution in [0.4, 0.5) is 0 Å². The van der Waals surface area contributed by atoms with Gasteiger partial charge >= 0.3 is 5.97 Å². The van der Waals surface area contributed by atoms with Crippen molar-refractivity contribution in [1.29, 1.82) is 0 Å². The number of nitrogens with one attached hydrogen (secondary N) is 1.